The Morgan fingerprint density at radius 3 is 1.56 bits per heavy atom. The van der Waals surface area contributed by atoms with Gasteiger partial charge in [-0.15, -0.1) is 0 Å². The molecule has 0 fully saturated rings. The molecule has 0 spiro atoms. The second kappa shape index (κ2) is 10.5. The molecule has 10 aromatic rings. The maximum atomic E-state index is 5.45. The fraction of sp³-hybridized carbons (Fsp3) is 0. The molecule has 0 atom stereocenters. The van der Waals surface area contributed by atoms with E-state index in [0.29, 0.717) is 0 Å². The Morgan fingerprint density at radius 2 is 0.854 bits per heavy atom. The fourth-order valence-corrected chi connectivity index (χ4v) is 7.20. The first-order chi connectivity index (χ1) is 23.8. The molecule has 48 heavy (non-hydrogen) atoms. The van der Waals surface area contributed by atoms with Crippen LogP contribution in [-0.4, -0.2) is 19.9 Å². The first-order valence-electron chi connectivity index (χ1n) is 16.1. The molecular formula is C44H26N4. The minimum absolute atomic E-state index is 0.842. The molecule has 4 heteroatoms. The van der Waals surface area contributed by atoms with E-state index in [1.807, 2.05) is 30.7 Å². The van der Waals surface area contributed by atoms with Gasteiger partial charge in [-0.25, -0.2) is 4.98 Å². The standard InChI is InChI=1S/C44H26N4/c1-3-12-30-25-46-40(22-27(30)9-1)35-19-20-45-43-36(35)17-18-37-39(41-23-28-10-2-4-13-31(28)26-47-41)24-42(48-44(37)43)38-21-29-11-5-6-14-32(29)33-15-7-8-16-34(33)38/h1-26H. The molecule has 10 rings (SSSR count). The zero-order valence-electron chi connectivity index (χ0n) is 25.8. The van der Waals surface area contributed by atoms with E-state index >= 15 is 0 Å². The van der Waals surface area contributed by atoms with E-state index < -0.39 is 0 Å². The Morgan fingerprint density at radius 1 is 0.312 bits per heavy atom. The summed E-state index contributed by atoms with van der Waals surface area (Å²) < 4.78 is 0. The number of pyridine rings is 4. The summed E-state index contributed by atoms with van der Waals surface area (Å²) in [6, 6.07) is 49.1. The van der Waals surface area contributed by atoms with Crippen molar-refractivity contribution < 1.29 is 0 Å². The number of nitrogens with zero attached hydrogens (tertiary/aromatic N) is 4. The van der Waals surface area contributed by atoms with Gasteiger partial charge in [0.05, 0.1) is 28.1 Å². The molecule has 0 aliphatic rings. The van der Waals surface area contributed by atoms with E-state index in [9.17, 15) is 0 Å². The third-order valence-corrected chi connectivity index (χ3v) is 9.55. The van der Waals surface area contributed by atoms with Gasteiger partial charge in [0, 0.05) is 56.8 Å². The van der Waals surface area contributed by atoms with Crippen LogP contribution in [0.3, 0.4) is 0 Å². The van der Waals surface area contributed by atoms with Crippen molar-refractivity contribution in [1.29, 1.82) is 0 Å². The molecule has 4 nitrogen and oxygen atoms in total. The second-order valence-electron chi connectivity index (χ2n) is 12.3. The van der Waals surface area contributed by atoms with Gasteiger partial charge in [-0.3, -0.25) is 15.0 Å². The Kier molecular flexibility index (Phi) is 5.84. The smallest absolute Gasteiger partial charge is 0.0979 e. The van der Waals surface area contributed by atoms with E-state index in [1.54, 1.807) is 0 Å². The summed E-state index contributed by atoms with van der Waals surface area (Å²) in [5, 5.41) is 11.3. The van der Waals surface area contributed by atoms with Crippen molar-refractivity contribution in [2.75, 3.05) is 0 Å². The van der Waals surface area contributed by atoms with Gasteiger partial charge in [0.15, 0.2) is 0 Å². The molecule has 0 N–H and O–H groups in total. The zero-order valence-corrected chi connectivity index (χ0v) is 25.8. The van der Waals surface area contributed by atoms with Gasteiger partial charge in [-0.05, 0) is 62.6 Å². The predicted octanol–water partition coefficient (Wildman–Crippen LogP) is 11.2. The molecule has 4 aromatic heterocycles. The van der Waals surface area contributed by atoms with Gasteiger partial charge in [-0.2, -0.15) is 0 Å². The summed E-state index contributed by atoms with van der Waals surface area (Å²) >= 11 is 0. The molecule has 0 bridgehead atoms. The van der Waals surface area contributed by atoms with Crippen molar-refractivity contribution in [2.24, 2.45) is 0 Å². The van der Waals surface area contributed by atoms with Gasteiger partial charge in [-0.1, -0.05) is 109 Å². The van der Waals surface area contributed by atoms with Crippen LogP contribution in [-0.2, 0) is 0 Å². The molecule has 0 amide bonds. The SMILES string of the molecule is c1ccc2cc(-c3ccnc4c3ccc3c(-c5cc6ccccc6cn5)cc(-c5cc6ccccc6c6ccccc56)nc34)ncc2c1. The number of aromatic nitrogens is 4. The molecule has 0 saturated carbocycles. The predicted molar refractivity (Wildman–Crippen MR) is 199 cm³/mol. The number of benzene rings is 6. The average molecular weight is 611 g/mol. The number of fused-ring (bicyclic) bond motifs is 8. The highest BCUT2D eigenvalue weighted by Crippen LogP contribution is 2.40. The quantitative estimate of drug-likeness (QED) is 0.187. The fourth-order valence-electron chi connectivity index (χ4n) is 7.20. The van der Waals surface area contributed by atoms with Gasteiger partial charge in [0.1, 0.15) is 0 Å². The lowest BCUT2D eigenvalue weighted by Gasteiger charge is -2.15. The van der Waals surface area contributed by atoms with Crippen molar-refractivity contribution >= 4 is 64.9 Å². The molecule has 222 valence electrons. The molecular weight excluding hydrogens is 585 g/mol. The molecule has 0 saturated heterocycles. The number of hydrogen-bond acceptors (Lipinski definition) is 4. The molecule has 0 radical (unpaired) electrons. The van der Waals surface area contributed by atoms with Crippen LogP contribution in [0.4, 0.5) is 0 Å². The highest BCUT2D eigenvalue weighted by atomic mass is 14.8. The van der Waals surface area contributed by atoms with E-state index in [-0.39, 0.29) is 0 Å². The lowest BCUT2D eigenvalue weighted by atomic mass is 9.93. The molecule has 0 aliphatic heterocycles. The molecule has 0 unspecified atom stereocenters. The molecule has 6 aromatic carbocycles. The summed E-state index contributed by atoms with van der Waals surface area (Å²) in [5.41, 5.74) is 7.52. The summed E-state index contributed by atoms with van der Waals surface area (Å²) in [4.78, 5) is 20.3. The highest BCUT2D eigenvalue weighted by molar-refractivity contribution is 6.16. The summed E-state index contributed by atoms with van der Waals surface area (Å²) in [5.74, 6) is 0. The van der Waals surface area contributed by atoms with Crippen LogP contribution in [0.5, 0.6) is 0 Å². The van der Waals surface area contributed by atoms with Crippen LogP contribution >= 0.6 is 0 Å². The third-order valence-electron chi connectivity index (χ3n) is 9.55. The van der Waals surface area contributed by atoms with Crippen molar-refractivity contribution in [3.63, 3.8) is 0 Å². The van der Waals surface area contributed by atoms with E-state index in [0.717, 1.165) is 82.5 Å². The Labute approximate surface area is 276 Å². The van der Waals surface area contributed by atoms with Crippen LogP contribution in [0.25, 0.3) is 98.7 Å². The maximum Gasteiger partial charge on any atom is 0.0979 e. The second-order valence-corrected chi connectivity index (χ2v) is 12.3. The van der Waals surface area contributed by atoms with Crippen LogP contribution in [0, 0.1) is 0 Å². The van der Waals surface area contributed by atoms with Crippen LogP contribution in [0.15, 0.2) is 158 Å². The Hall–Kier alpha value is -6.52. The normalized spacial score (nSPS) is 11.8. The Balaban J connectivity index is 1.30. The van der Waals surface area contributed by atoms with Gasteiger partial charge in [0.2, 0.25) is 0 Å². The largest absolute Gasteiger partial charge is 0.256 e. The topological polar surface area (TPSA) is 51.6 Å². The first kappa shape index (κ1) is 26.7. The van der Waals surface area contributed by atoms with Crippen LogP contribution in [0.1, 0.15) is 0 Å². The highest BCUT2D eigenvalue weighted by Gasteiger charge is 2.18. The summed E-state index contributed by atoms with van der Waals surface area (Å²) in [7, 11) is 0. The minimum atomic E-state index is 0.842. The van der Waals surface area contributed by atoms with Gasteiger partial charge < -0.3 is 0 Å². The summed E-state index contributed by atoms with van der Waals surface area (Å²) in [6.07, 6.45) is 5.79. The Bertz CT molecular complexity index is 2910. The molecule has 4 heterocycles. The maximum absolute atomic E-state index is 5.45. The van der Waals surface area contributed by atoms with Gasteiger partial charge in [0.25, 0.3) is 0 Å². The van der Waals surface area contributed by atoms with Crippen molar-refractivity contribution in [1.82, 2.24) is 19.9 Å². The first-order valence-corrected chi connectivity index (χ1v) is 16.1. The van der Waals surface area contributed by atoms with E-state index in [2.05, 4.69) is 127 Å². The summed E-state index contributed by atoms with van der Waals surface area (Å²) in [6.45, 7) is 0. The average Bonchev–Trinajstić information content (AvgIpc) is 3.16. The van der Waals surface area contributed by atoms with E-state index in [1.165, 1.54) is 16.2 Å². The number of hydrogen-bond donors (Lipinski definition) is 0. The zero-order chi connectivity index (χ0) is 31.6. The lowest BCUT2D eigenvalue weighted by Crippen LogP contribution is -1.96. The third kappa shape index (κ3) is 4.16. The van der Waals surface area contributed by atoms with Gasteiger partial charge >= 0.3 is 0 Å². The minimum Gasteiger partial charge on any atom is -0.256 e. The monoisotopic (exact) mass is 610 g/mol. The van der Waals surface area contributed by atoms with Crippen LogP contribution < -0.4 is 0 Å². The lowest BCUT2D eigenvalue weighted by molar-refractivity contribution is 1.33. The van der Waals surface area contributed by atoms with Crippen molar-refractivity contribution in [3.05, 3.63) is 158 Å². The van der Waals surface area contributed by atoms with E-state index in [4.69, 9.17) is 19.9 Å². The number of rotatable bonds is 3. The van der Waals surface area contributed by atoms with Crippen LogP contribution in [0.2, 0.25) is 0 Å². The molecule has 0 aliphatic carbocycles. The van der Waals surface area contributed by atoms with Crippen molar-refractivity contribution in [2.45, 2.75) is 0 Å². The van der Waals surface area contributed by atoms with Crippen molar-refractivity contribution in [3.8, 4) is 33.8 Å².